The van der Waals surface area contributed by atoms with Gasteiger partial charge in [0.05, 0.1) is 0 Å². The first-order chi connectivity index (χ1) is 15.1. The molecule has 2 aliphatic rings. The van der Waals surface area contributed by atoms with Crippen LogP contribution in [0.5, 0.6) is 5.75 Å². The molecule has 0 radical (unpaired) electrons. The lowest BCUT2D eigenvalue weighted by atomic mass is 9.85. The lowest BCUT2D eigenvalue weighted by Gasteiger charge is -2.36. The summed E-state index contributed by atoms with van der Waals surface area (Å²) >= 11 is 0. The molecule has 0 amide bonds. The highest BCUT2D eigenvalue weighted by Crippen LogP contribution is 2.52. The number of hydrogen-bond donors (Lipinski definition) is 1. The summed E-state index contributed by atoms with van der Waals surface area (Å²) in [5, 5.41) is 9.03. The van der Waals surface area contributed by atoms with Crippen LogP contribution < -0.4 is 4.74 Å². The molecule has 1 spiro atoms. The Morgan fingerprint density at radius 2 is 1.81 bits per heavy atom. The van der Waals surface area contributed by atoms with Gasteiger partial charge < -0.3 is 9.84 Å². The standard InChI is InChI=1S/C25H24F3NO3/c1-17(12-23(30)31)14-29-15-20-7-4-19(13-22(20)24(16-29)10-11-24)3-2-18-5-8-21(9-6-18)32-25(26,27)28/h4-9,13,17H,10-12,14-16H2,1H3,(H,30,31). The zero-order valence-corrected chi connectivity index (χ0v) is 17.7. The molecule has 168 valence electrons. The van der Waals surface area contributed by atoms with Crippen LogP contribution in [0.1, 0.15) is 48.4 Å². The van der Waals surface area contributed by atoms with Crippen molar-refractivity contribution in [3.8, 4) is 17.6 Å². The Hall–Kier alpha value is -2.98. The van der Waals surface area contributed by atoms with Crippen molar-refractivity contribution < 1.29 is 27.8 Å². The molecular weight excluding hydrogens is 419 g/mol. The molecule has 1 aliphatic carbocycles. The van der Waals surface area contributed by atoms with E-state index in [9.17, 15) is 18.0 Å². The van der Waals surface area contributed by atoms with Crippen LogP contribution in [0.15, 0.2) is 42.5 Å². The molecule has 1 fully saturated rings. The van der Waals surface area contributed by atoms with Crippen molar-refractivity contribution in [1.82, 2.24) is 4.90 Å². The van der Waals surface area contributed by atoms with Crippen LogP contribution in [-0.4, -0.2) is 35.4 Å². The lowest BCUT2D eigenvalue weighted by molar-refractivity contribution is -0.274. The van der Waals surface area contributed by atoms with Crippen molar-refractivity contribution >= 4 is 5.97 Å². The number of carboxylic acid groups (broad SMARTS) is 1. The summed E-state index contributed by atoms with van der Waals surface area (Å²) in [4.78, 5) is 13.3. The van der Waals surface area contributed by atoms with E-state index in [0.29, 0.717) is 5.56 Å². The third-order valence-electron chi connectivity index (χ3n) is 5.99. The quantitative estimate of drug-likeness (QED) is 0.665. The molecule has 1 unspecified atom stereocenters. The van der Waals surface area contributed by atoms with Crippen molar-refractivity contribution in [3.63, 3.8) is 0 Å². The van der Waals surface area contributed by atoms with E-state index in [1.807, 2.05) is 13.0 Å². The maximum atomic E-state index is 12.3. The van der Waals surface area contributed by atoms with Crippen molar-refractivity contribution in [2.24, 2.45) is 5.92 Å². The van der Waals surface area contributed by atoms with E-state index in [2.05, 4.69) is 33.6 Å². The number of nitrogens with zero attached hydrogens (tertiary/aromatic N) is 1. The van der Waals surface area contributed by atoms with Crippen molar-refractivity contribution in [2.45, 2.75) is 44.5 Å². The molecule has 1 aliphatic heterocycles. The Bertz CT molecular complexity index is 1060. The van der Waals surface area contributed by atoms with E-state index >= 15 is 0 Å². The number of hydrogen-bond acceptors (Lipinski definition) is 3. The summed E-state index contributed by atoms with van der Waals surface area (Å²) in [7, 11) is 0. The fourth-order valence-electron chi connectivity index (χ4n) is 4.49. The summed E-state index contributed by atoms with van der Waals surface area (Å²) in [6.45, 7) is 4.48. The molecule has 32 heavy (non-hydrogen) atoms. The molecule has 0 aromatic heterocycles. The smallest absolute Gasteiger partial charge is 0.481 e. The molecule has 4 rings (SSSR count). The van der Waals surface area contributed by atoms with Crippen LogP contribution in [0, 0.1) is 17.8 Å². The number of carboxylic acids is 1. The number of aliphatic carboxylic acids is 1. The van der Waals surface area contributed by atoms with E-state index in [1.54, 1.807) is 0 Å². The SMILES string of the molecule is CC(CC(=O)O)CN1Cc2ccc(C#Cc3ccc(OC(F)(F)F)cc3)cc2C2(CC2)C1. The zero-order valence-electron chi connectivity index (χ0n) is 17.7. The van der Waals surface area contributed by atoms with Gasteiger partial charge in [0.25, 0.3) is 0 Å². The monoisotopic (exact) mass is 443 g/mol. The molecule has 1 atom stereocenters. The Balaban J connectivity index is 1.47. The molecule has 1 N–H and O–H groups in total. The molecule has 1 saturated carbocycles. The lowest BCUT2D eigenvalue weighted by Crippen LogP contribution is -2.40. The van der Waals surface area contributed by atoms with Gasteiger partial charge in [-0.05, 0) is 66.3 Å². The van der Waals surface area contributed by atoms with Gasteiger partial charge in [0, 0.05) is 42.6 Å². The van der Waals surface area contributed by atoms with Gasteiger partial charge >= 0.3 is 12.3 Å². The molecule has 4 nitrogen and oxygen atoms in total. The fourth-order valence-corrected chi connectivity index (χ4v) is 4.49. The Kier molecular flexibility index (Phi) is 5.91. The second-order valence-electron chi connectivity index (χ2n) is 8.85. The summed E-state index contributed by atoms with van der Waals surface area (Å²) < 4.78 is 40.7. The molecule has 7 heteroatoms. The highest BCUT2D eigenvalue weighted by molar-refractivity contribution is 5.67. The number of rotatable bonds is 5. The van der Waals surface area contributed by atoms with Crippen molar-refractivity contribution in [1.29, 1.82) is 0 Å². The molecule has 2 aromatic rings. The van der Waals surface area contributed by atoms with E-state index in [1.165, 1.54) is 35.4 Å². The van der Waals surface area contributed by atoms with E-state index in [0.717, 1.165) is 38.0 Å². The first-order valence-electron chi connectivity index (χ1n) is 10.6. The van der Waals surface area contributed by atoms with Gasteiger partial charge in [0.15, 0.2) is 0 Å². The van der Waals surface area contributed by atoms with Crippen LogP contribution in [0.25, 0.3) is 0 Å². The Labute approximate surface area is 185 Å². The van der Waals surface area contributed by atoms with Crippen LogP contribution in [0.2, 0.25) is 0 Å². The second-order valence-corrected chi connectivity index (χ2v) is 8.85. The van der Waals surface area contributed by atoms with E-state index in [-0.39, 0.29) is 23.5 Å². The van der Waals surface area contributed by atoms with Gasteiger partial charge in [0.2, 0.25) is 0 Å². The highest BCUT2D eigenvalue weighted by atomic mass is 19.4. The fraction of sp³-hybridized carbons (Fsp3) is 0.400. The minimum Gasteiger partial charge on any atom is -0.481 e. The number of ether oxygens (including phenoxy) is 1. The van der Waals surface area contributed by atoms with Crippen LogP contribution in [0.4, 0.5) is 13.2 Å². The molecule has 0 saturated heterocycles. The molecule has 2 aromatic carbocycles. The molecule has 1 heterocycles. The first-order valence-corrected chi connectivity index (χ1v) is 10.6. The van der Waals surface area contributed by atoms with Crippen LogP contribution in [0.3, 0.4) is 0 Å². The predicted molar refractivity (Wildman–Crippen MR) is 113 cm³/mol. The minimum absolute atomic E-state index is 0.0999. The average Bonchev–Trinajstić information content (AvgIpc) is 3.45. The second kappa shape index (κ2) is 8.51. The Morgan fingerprint density at radius 3 is 2.44 bits per heavy atom. The molecular formula is C25H24F3NO3. The predicted octanol–water partition coefficient (Wildman–Crippen LogP) is 4.94. The van der Waals surface area contributed by atoms with Gasteiger partial charge in [-0.2, -0.15) is 0 Å². The third kappa shape index (κ3) is 5.43. The molecule has 0 bridgehead atoms. The summed E-state index contributed by atoms with van der Waals surface area (Å²) in [6, 6.07) is 11.7. The van der Waals surface area contributed by atoms with Gasteiger partial charge in [-0.3, -0.25) is 9.69 Å². The average molecular weight is 443 g/mol. The van der Waals surface area contributed by atoms with Crippen molar-refractivity contribution in [3.05, 3.63) is 64.7 Å². The Morgan fingerprint density at radius 1 is 1.16 bits per heavy atom. The minimum atomic E-state index is -4.71. The van der Waals surface area contributed by atoms with Gasteiger partial charge in [0.1, 0.15) is 5.75 Å². The number of benzene rings is 2. The summed E-state index contributed by atoms with van der Waals surface area (Å²) in [6.07, 6.45) is -2.31. The van der Waals surface area contributed by atoms with E-state index in [4.69, 9.17) is 5.11 Å². The third-order valence-corrected chi connectivity index (χ3v) is 5.99. The normalized spacial score (nSPS) is 17.8. The summed E-state index contributed by atoms with van der Waals surface area (Å²) in [5.74, 6) is 5.19. The van der Waals surface area contributed by atoms with E-state index < -0.39 is 12.3 Å². The van der Waals surface area contributed by atoms with Crippen LogP contribution >= 0.6 is 0 Å². The topological polar surface area (TPSA) is 49.8 Å². The van der Waals surface area contributed by atoms with Crippen LogP contribution in [-0.2, 0) is 16.8 Å². The van der Waals surface area contributed by atoms with Gasteiger partial charge in [-0.25, -0.2) is 0 Å². The number of alkyl halides is 3. The summed E-state index contributed by atoms with van der Waals surface area (Å²) in [5.41, 5.74) is 4.19. The van der Waals surface area contributed by atoms with Gasteiger partial charge in [-0.1, -0.05) is 24.8 Å². The number of carbonyl (C=O) groups is 1. The van der Waals surface area contributed by atoms with Crippen molar-refractivity contribution in [2.75, 3.05) is 13.1 Å². The number of fused-ring (bicyclic) bond motifs is 2. The first kappa shape index (κ1) is 22.2. The largest absolute Gasteiger partial charge is 0.573 e. The maximum Gasteiger partial charge on any atom is 0.573 e. The maximum absolute atomic E-state index is 12.3. The highest BCUT2D eigenvalue weighted by Gasteiger charge is 2.49. The van der Waals surface area contributed by atoms with Gasteiger partial charge in [-0.15, -0.1) is 13.2 Å². The zero-order chi connectivity index (χ0) is 22.9. The number of halogens is 3.